The molecular weight excluding hydrogens is 220 g/mol. The number of carbonyl (C=O) groups excluding carboxylic acids is 2. The summed E-state index contributed by atoms with van der Waals surface area (Å²) in [5.41, 5.74) is -0.487. The molecular formula is C12H18N2O3. The van der Waals surface area contributed by atoms with Gasteiger partial charge in [0.25, 0.3) is 0 Å². The number of ketones is 1. The molecule has 17 heavy (non-hydrogen) atoms. The van der Waals surface area contributed by atoms with Crippen molar-refractivity contribution in [1.29, 1.82) is 5.26 Å². The highest BCUT2D eigenvalue weighted by Gasteiger charge is 2.34. The first-order valence-electron chi connectivity index (χ1n) is 5.68. The topological polar surface area (TPSA) is 70.4 Å². The Balaban J connectivity index is 2.26. The van der Waals surface area contributed by atoms with Gasteiger partial charge in [-0.15, -0.1) is 0 Å². The molecule has 1 aliphatic rings. The van der Waals surface area contributed by atoms with Crippen molar-refractivity contribution in [3.63, 3.8) is 0 Å². The highest BCUT2D eigenvalue weighted by atomic mass is 16.6. The zero-order chi connectivity index (χ0) is 13.1. The van der Waals surface area contributed by atoms with Crippen LogP contribution in [0, 0.1) is 17.2 Å². The van der Waals surface area contributed by atoms with E-state index in [1.54, 1.807) is 4.90 Å². The standard InChI is InChI=1S/C12H18N2O3/c1-12(2,3)17-11(16)14-7-9(8-14)6-10(15)4-5-13/h9H,4,6-8H2,1-3H3. The third kappa shape index (κ3) is 4.43. The Hall–Kier alpha value is -1.57. The Morgan fingerprint density at radius 1 is 1.41 bits per heavy atom. The first-order chi connectivity index (χ1) is 7.81. The van der Waals surface area contributed by atoms with E-state index in [0.717, 1.165) is 0 Å². The van der Waals surface area contributed by atoms with Crippen molar-refractivity contribution in [2.24, 2.45) is 5.92 Å². The summed E-state index contributed by atoms with van der Waals surface area (Å²) >= 11 is 0. The first-order valence-corrected chi connectivity index (χ1v) is 5.68. The molecule has 5 heteroatoms. The van der Waals surface area contributed by atoms with Crippen LogP contribution < -0.4 is 0 Å². The fourth-order valence-electron chi connectivity index (χ4n) is 1.66. The van der Waals surface area contributed by atoms with E-state index in [1.807, 2.05) is 26.8 Å². The number of nitrogens with zero attached hydrogens (tertiary/aromatic N) is 2. The number of Topliss-reactive ketones (excluding diaryl/α,β-unsaturated/α-hetero) is 1. The summed E-state index contributed by atoms with van der Waals surface area (Å²) in [6, 6.07) is 1.83. The lowest BCUT2D eigenvalue weighted by molar-refractivity contribution is -0.120. The summed E-state index contributed by atoms with van der Waals surface area (Å²) in [5.74, 6) is 0.129. The van der Waals surface area contributed by atoms with Crippen LogP contribution in [-0.4, -0.2) is 35.5 Å². The van der Waals surface area contributed by atoms with Crippen LogP contribution in [0.4, 0.5) is 4.79 Å². The van der Waals surface area contributed by atoms with Gasteiger partial charge in [0.15, 0.2) is 0 Å². The van der Waals surface area contributed by atoms with Gasteiger partial charge in [-0.2, -0.15) is 5.26 Å². The van der Waals surface area contributed by atoms with Crippen LogP contribution in [0.25, 0.3) is 0 Å². The Morgan fingerprint density at radius 2 is 2.00 bits per heavy atom. The van der Waals surface area contributed by atoms with E-state index in [4.69, 9.17) is 10.00 Å². The molecule has 0 aromatic rings. The molecule has 0 spiro atoms. The fraction of sp³-hybridized carbons (Fsp3) is 0.750. The van der Waals surface area contributed by atoms with Crippen molar-refractivity contribution in [2.75, 3.05) is 13.1 Å². The molecule has 1 aliphatic heterocycles. The number of amides is 1. The minimum Gasteiger partial charge on any atom is -0.444 e. The number of hydrogen-bond acceptors (Lipinski definition) is 4. The van der Waals surface area contributed by atoms with Crippen molar-refractivity contribution in [3.05, 3.63) is 0 Å². The average molecular weight is 238 g/mol. The van der Waals surface area contributed by atoms with Crippen molar-refractivity contribution < 1.29 is 14.3 Å². The second-order valence-electron chi connectivity index (χ2n) is 5.33. The Kier molecular flexibility index (Phi) is 4.11. The van der Waals surface area contributed by atoms with E-state index in [9.17, 15) is 9.59 Å². The van der Waals surface area contributed by atoms with Gasteiger partial charge >= 0.3 is 6.09 Å². The number of hydrogen-bond donors (Lipinski definition) is 0. The molecule has 1 amide bonds. The van der Waals surface area contributed by atoms with Crippen molar-refractivity contribution >= 4 is 11.9 Å². The van der Waals surface area contributed by atoms with Crippen LogP contribution in [0.3, 0.4) is 0 Å². The van der Waals surface area contributed by atoms with Gasteiger partial charge < -0.3 is 9.64 Å². The molecule has 0 aliphatic carbocycles. The van der Waals surface area contributed by atoms with Crippen LogP contribution in [0.15, 0.2) is 0 Å². The lowest BCUT2D eigenvalue weighted by Crippen LogP contribution is -2.52. The molecule has 5 nitrogen and oxygen atoms in total. The molecule has 1 saturated heterocycles. The van der Waals surface area contributed by atoms with Crippen LogP contribution >= 0.6 is 0 Å². The lowest BCUT2D eigenvalue weighted by atomic mass is 9.94. The van der Waals surface area contributed by atoms with Crippen LogP contribution in [0.1, 0.15) is 33.6 Å². The number of likely N-dealkylation sites (tertiary alicyclic amines) is 1. The molecule has 1 heterocycles. The van der Waals surface area contributed by atoms with Crippen LogP contribution in [0.5, 0.6) is 0 Å². The maximum Gasteiger partial charge on any atom is 0.410 e. The summed E-state index contributed by atoms with van der Waals surface area (Å²) in [6.45, 7) is 6.55. The molecule has 0 atom stereocenters. The normalized spacial score (nSPS) is 16.0. The summed E-state index contributed by atoms with van der Waals surface area (Å²) in [7, 11) is 0. The monoisotopic (exact) mass is 238 g/mol. The number of rotatable bonds is 3. The first kappa shape index (κ1) is 13.5. The van der Waals surface area contributed by atoms with E-state index < -0.39 is 5.60 Å². The molecule has 0 bridgehead atoms. The van der Waals surface area contributed by atoms with E-state index in [-0.39, 0.29) is 24.2 Å². The van der Waals surface area contributed by atoms with E-state index >= 15 is 0 Å². The SMILES string of the molecule is CC(C)(C)OC(=O)N1CC(CC(=O)CC#N)C1. The zero-order valence-corrected chi connectivity index (χ0v) is 10.5. The highest BCUT2D eigenvalue weighted by molar-refractivity contribution is 5.81. The Morgan fingerprint density at radius 3 is 2.47 bits per heavy atom. The van der Waals surface area contributed by atoms with Gasteiger partial charge in [0.05, 0.1) is 12.5 Å². The average Bonchev–Trinajstić information content (AvgIpc) is 2.07. The largest absolute Gasteiger partial charge is 0.444 e. The Bertz CT molecular complexity index is 346. The molecule has 0 radical (unpaired) electrons. The van der Waals surface area contributed by atoms with Gasteiger partial charge in [0.2, 0.25) is 0 Å². The number of ether oxygens (including phenoxy) is 1. The molecule has 0 aromatic carbocycles. The van der Waals surface area contributed by atoms with Gasteiger partial charge in [0.1, 0.15) is 11.4 Å². The summed E-state index contributed by atoms with van der Waals surface area (Å²) in [6.07, 6.45) is 0.0111. The third-order valence-electron chi connectivity index (χ3n) is 2.40. The smallest absolute Gasteiger partial charge is 0.410 e. The summed E-state index contributed by atoms with van der Waals surface area (Å²) < 4.78 is 5.19. The van der Waals surface area contributed by atoms with Crippen LogP contribution in [0.2, 0.25) is 0 Å². The minimum atomic E-state index is -0.487. The lowest BCUT2D eigenvalue weighted by Gasteiger charge is -2.39. The van der Waals surface area contributed by atoms with Gasteiger partial charge in [-0.25, -0.2) is 4.79 Å². The highest BCUT2D eigenvalue weighted by Crippen LogP contribution is 2.22. The van der Waals surface area contributed by atoms with Crippen LogP contribution in [-0.2, 0) is 9.53 Å². The molecule has 0 unspecified atom stereocenters. The van der Waals surface area contributed by atoms with Gasteiger partial charge in [-0.05, 0) is 20.8 Å². The molecule has 1 rings (SSSR count). The van der Waals surface area contributed by atoms with Crippen molar-refractivity contribution in [1.82, 2.24) is 4.90 Å². The minimum absolute atomic E-state index is 0.0388. The summed E-state index contributed by atoms with van der Waals surface area (Å²) in [4.78, 5) is 24.3. The van der Waals surface area contributed by atoms with Crippen molar-refractivity contribution in [2.45, 2.75) is 39.2 Å². The van der Waals surface area contributed by atoms with E-state index in [0.29, 0.717) is 19.5 Å². The van der Waals surface area contributed by atoms with E-state index in [1.165, 1.54) is 0 Å². The van der Waals surface area contributed by atoms with Gasteiger partial charge in [-0.3, -0.25) is 4.79 Å². The van der Waals surface area contributed by atoms with Gasteiger partial charge in [-0.1, -0.05) is 0 Å². The molecule has 0 aromatic heterocycles. The predicted octanol–water partition coefficient (Wildman–Crippen LogP) is 1.73. The van der Waals surface area contributed by atoms with Gasteiger partial charge in [0, 0.05) is 25.4 Å². The third-order valence-corrected chi connectivity index (χ3v) is 2.40. The second-order valence-corrected chi connectivity index (χ2v) is 5.33. The second kappa shape index (κ2) is 5.17. The molecule has 1 fully saturated rings. The zero-order valence-electron chi connectivity index (χ0n) is 10.5. The maximum absolute atomic E-state index is 11.6. The Labute approximate surface area is 101 Å². The van der Waals surface area contributed by atoms with E-state index in [2.05, 4.69) is 0 Å². The summed E-state index contributed by atoms with van der Waals surface area (Å²) in [5, 5.41) is 8.35. The quantitative estimate of drug-likeness (QED) is 0.750. The molecule has 0 saturated carbocycles. The number of nitriles is 1. The molecule has 94 valence electrons. The predicted molar refractivity (Wildman–Crippen MR) is 61.2 cm³/mol. The van der Waals surface area contributed by atoms with Crippen molar-refractivity contribution in [3.8, 4) is 6.07 Å². The number of carbonyl (C=O) groups is 2. The fourth-order valence-corrected chi connectivity index (χ4v) is 1.66. The molecule has 0 N–H and O–H groups in total. The maximum atomic E-state index is 11.6.